The second-order valence-corrected chi connectivity index (χ2v) is 9.38. The predicted molar refractivity (Wildman–Crippen MR) is 132 cm³/mol. The summed E-state index contributed by atoms with van der Waals surface area (Å²) >= 11 is 6.01. The quantitative estimate of drug-likeness (QED) is 0.453. The Balaban J connectivity index is 2.05. The van der Waals surface area contributed by atoms with E-state index in [4.69, 9.17) is 21.1 Å². The smallest absolute Gasteiger partial charge is 0.243 e. The lowest BCUT2D eigenvalue weighted by molar-refractivity contribution is -0.142. The number of carbonyl (C=O) groups excluding carboxylic acids is 2. The predicted octanol–water partition coefficient (Wildman–Crippen LogP) is 5.23. The number of halogens is 1. The number of hydrogen-bond donors (Lipinski definition) is 1. The zero-order valence-electron chi connectivity index (χ0n) is 20.2. The van der Waals surface area contributed by atoms with Gasteiger partial charge in [-0.3, -0.25) is 9.59 Å². The molecule has 33 heavy (non-hydrogen) atoms. The highest BCUT2D eigenvalue weighted by Gasteiger charge is 2.30. The van der Waals surface area contributed by atoms with Gasteiger partial charge in [0, 0.05) is 23.5 Å². The van der Waals surface area contributed by atoms with Crippen molar-refractivity contribution in [3.05, 3.63) is 59.1 Å². The molecule has 0 saturated carbocycles. The van der Waals surface area contributed by atoms with Gasteiger partial charge in [-0.1, -0.05) is 30.7 Å². The van der Waals surface area contributed by atoms with Crippen LogP contribution >= 0.6 is 11.6 Å². The molecule has 0 fully saturated rings. The van der Waals surface area contributed by atoms with Crippen LogP contribution in [0.3, 0.4) is 0 Å². The maximum absolute atomic E-state index is 13.2. The fourth-order valence-corrected chi connectivity index (χ4v) is 3.51. The number of hydrogen-bond acceptors (Lipinski definition) is 4. The standard InChI is InChI=1S/C26H35ClN2O4/c1-6-23(25(31)28-26(2,3)4)29(18-19-9-11-20(27)12-10-19)24(30)8-7-17-33-22-15-13-21(32-5)14-16-22/h9-16,23H,6-8,17-18H2,1-5H3,(H,28,31)/t23-/m0/s1. The normalized spacial score (nSPS) is 12.1. The van der Waals surface area contributed by atoms with E-state index in [-0.39, 0.29) is 23.8 Å². The first-order chi connectivity index (χ1) is 15.6. The summed E-state index contributed by atoms with van der Waals surface area (Å²) in [6.45, 7) is 8.45. The molecule has 0 radical (unpaired) electrons. The third kappa shape index (κ3) is 8.97. The second kappa shape index (κ2) is 12.5. The van der Waals surface area contributed by atoms with Crippen molar-refractivity contribution >= 4 is 23.4 Å². The molecule has 0 aliphatic carbocycles. The molecule has 2 aromatic carbocycles. The molecule has 2 rings (SSSR count). The van der Waals surface area contributed by atoms with Gasteiger partial charge in [0.1, 0.15) is 17.5 Å². The number of rotatable bonds is 11. The van der Waals surface area contributed by atoms with Gasteiger partial charge in [0.25, 0.3) is 0 Å². The molecule has 180 valence electrons. The Morgan fingerprint density at radius 3 is 2.18 bits per heavy atom. The van der Waals surface area contributed by atoms with Crippen molar-refractivity contribution in [1.29, 1.82) is 0 Å². The number of nitrogens with zero attached hydrogens (tertiary/aromatic N) is 1. The lowest BCUT2D eigenvalue weighted by Crippen LogP contribution is -2.53. The summed E-state index contributed by atoms with van der Waals surface area (Å²) < 4.78 is 10.9. The molecule has 7 heteroatoms. The fraction of sp³-hybridized carbons (Fsp3) is 0.462. The summed E-state index contributed by atoms with van der Waals surface area (Å²) in [4.78, 5) is 27.9. The Kier molecular flexibility index (Phi) is 10.0. The van der Waals surface area contributed by atoms with Crippen LogP contribution in [0.1, 0.15) is 52.5 Å². The van der Waals surface area contributed by atoms with Crippen LogP contribution in [0.2, 0.25) is 5.02 Å². The molecule has 2 amide bonds. The van der Waals surface area contributed by atoms with E-state index < -0.39 is 6.04 Å². The summed E-state index contributed by atoms with van der Waals surface area (Å²) in [5, 5.41) is 3.64. The van der Waals surface area contributed by atoms with Crippen LogP contribution in [0.4, 0.5) is 0 Å². The summed E-state index contributed by atoms with van der Waals surface area (Å²) in [6.07, 6.45) is 1.34. The number of nitrogens with one attached hydrogen (secondary N) is 1. The van der Waals surface area contributed by atoms with Crippen molar-refractivity contribution < 1.29 is 19.1 Å². The van der Waals surface area contributed by atoms with Gasteiger partial charge < -0.3 is 19.7 Å². The van der Waals surface area contributed by atoms with Crippen LogP contribution in [0, 0.1) is 0 Å². The maximum atomic E-state index is 13.2. The van der Waals surface area contributed by atoms with E-state index in [1.165, 1.54) is 0 Å². The van der Waals surface area contributed by atoms with E-state index in [0.29, 0.717) is 31.0 Å². The van der Waals surface area contributed by atoms with Crippen molar-refractivity contribution in [1.82, 2.24) is 10.2 Å². The molecular formula is C26H35ClN2O4. The highest BCUT2D eigenvalue weighted by molar-refractivity contribution is 6.30. The highest BCUT2D eigenvalue weighted by Crippen LogP contribution is 2.19. The van der Waals surface area contributed by atoms with Gasteiger partial charge in [-0.25, -0.2) is 0 Å². The zero-order chi connectivity index (χ0) is 24.4. The van der Waals surface area contributed by atoms with Gasteiger partial charge in [0.2, 0.25) is 11.8 Å². The monoisotopic (exact) mass is 474 g/mol. The van der Waals surface area contributed by atoms with Gasteiger partial charge in [-0.15, -0.1) is 0 Å². The van der Waals surface area contributed by atoms with Crippen LogP contribution in [-0.4, -0.2) is 42.0 Å². The largest absolute Gasteiger partial charge is 0.497 e. The average Bonchev–Trinajstić information content (AvgIpc) is 2.77. The molecule has 2 aromatic rings. The molecule has 0 aliphatic rings. The van der Waals surface area contributed by atoms with Crippen molar-refractivity contribution in [2.24, 2.45) is 0 Å². The molecule has 0 unspecified atom stereocenters. The fourth-order valence-electron chi connectivity index (χ4n) is 3.39. The minimum Gasteiger partial charge on any atom is -0.497 e. The molecule has 6 nitrogen and oxygen atoms in total. The van der Waals surface area contributed by atoms with Crippen LogP contribution in [0.25, 0.3) is 0 Å². The first-order valence-corrected chi connectivity index (χ1v) is 11.6. The minimum atomic E-state index is -0.560. The summed E-state index contributed by atoms with van der Waals surface area (Å²) in [5.74, 6) is 1.24. The van der Waals surface area contributed by atoms with E-state index in [0.717, 1.165) is 17.1 Å². The van der Waals surface area contributed by atoms with Crippen molar-refractivity contribution in [2.75, 3.05) is 13.7 Å². The van der Waals surface area contributed by atoms with Crippen LogP contribution in [0.5, 0.6) is 11.5 Å². The number of amides is 2. The topological polar surface area (TPSA) is 67.9 Å². The van der Waals surface area contributed by atoms with Gasteiger partial charge >= 0.3 is 0 Å². The Morgan fingerprint density at radius 1 is 1.03 bits per heavy atom. The Bertz CT molecular complexity index is 892. The van der Waals surface area contributed by atoms with Gasteiger partial charge in [0.15, 0.2) is 0 Å². The molecule has 0 spiro atoms. The zero-order valence-corrected chi connectivity index (χ0v) is 20.9. The molecule has 0 aliphatic heterocycles. The molecule has 0 saturated heterocycles. The van der Waals surface area contributed by atoms with E-state index in [1.54, 1.807) is 24.1 Å². The highest BCUT2D eigenvalue weighted by atomic mass is 35.5. The molecular weight excluding hydrogens is 440 g/mol. The maximum Gasteiger partial charge on any atom is 0.243 e. The summed E-state index contributed by atoms with van der Waals surface area (Å²) in [7, 11) is 1.61. The van der Waals surface area contributed by atoms with E-state index >= 15 is 0 Å². The number of ether oxygens (including phenoxy) is 2. The van der Waals surface area contributed by atoms with Gasteiger partial charge in [-0.2, -0.15) is 0 Å². The SMILES string of the molecule is CC[C@@H](C(=O)NC(C)(C)C)N(Cc1ccc(Cl)cc1)C(=O)CCCOc1ccc(OC)cc1. The van der Waals surface area contributed by atoms with E-state index in [9.17, 15) is 9.59 Å². The second-order valence-electron chi connectivity index (χ2n) is 8.94. The lowest BCUT2D eigenvalue weighted by Gasteiger charge is -2.33. The van der Waals surface area contributed by atoms with Gasteiger partial charge in [-0.05, 0) is 75.6 Å². The number of carbonyl (C=O) groups is 2. The molecule has 1 N–H and O–H groups in total. The van der Waals surface area contributed by atoms with E-state index in [1.807, 2.05) is 64.1 Å². The number of methoxy groups -OCH3 is 1. The summed E-state index contributed by atoms with van der Waals surface area (Å²) in [5.41, 5.74) is 0.537. The molecule has 0 heterocycles. The van der Waals surface area contributed by atoms with Crippen LogP contribution in [-0.2, 0) is 16.1 Å². The Hall–Kier alpha value is -2.73. The van der Waals surface area contributed by atoms with Crippen molar-refractivity contribution in [2.45, 2.75) is 65.1 Å². The summed E-state index contributed by atoms with van der Waals surface area (Å²) in [6, 6.07) is 14.1. The lowest BCUT2D eigenvalue weighted by atomic mass is 10.0. The van der Waals surface area contributed by atoms with Crippen molar-refractivity contribution in [3.63, 3.8) is 0 Å². The molecule has 0 aromatic heterocycles. The van der Waals surface area contributed by atoms with Crippen LogP contribution in [0.15, 0.2) is 48.5 Å². The molecule has 1 atom stereocenters. The third-order valence-corrected chi connectivity index (χ3v) is 5.27. The molecule has 0 bridgehead atoms. The van der Waals surface area contributed by atoms with E-state index in [2.05, 4.69) is 5.32 Å². The van der Waals surface area contributed by atoms with Crippen molar-refractivity contribution in [3.8, 4) is 11.5 Å². The third-order valence-electron chi connectivity index (χ3n) is 5.01. The average molecular weight is 475 g/mol. The van der Waals surface area contributed by atoms with Gasteiger partial charge in [0.05, 0.1) is 13.7 Å². The number of benzene rings is 2. The van der Waals surface area contributed by atoms with Crippen LogP contribution < -0.4 is 14.8 Å². The first-order valence-electron chi connectivity index (χ1n) is 11.3. The first kappa shape index (κ1) is 26.5. The Morgan fingerprint density at radius 2 is 1.64 bits per heavy atom. The minimum absolute atomic E-state index is 0.0841. The Labute approximate surface area is 202 Å².